The lowest BCUT2D eigenvalue weighted by Crippen LogP contribution is -2.22. The summed E-state index contributed by atoms with van der Waals surface area (Å²) < 4.78 is 11.0. The molecule has 0 heterocycles. The van der Waals surface area contributed by atoms with Crippen LogP contribution in [0, 0.1) is 5.92 Å². The minimum Gasteiger partial charge on any atom is -0.462 e. The fraction of sp³-hybridized carbons (Fsp3) is 0.826. The highest BCUT2D eigenvalue weighted by atomic mass is 16.6. The molecule has 2 atom stereocenters. The van der Waals surface area contributed by atoms with Gasteiger partial charge in [-0.15, -0.1) is 0 Å². The topological polar surface area (TPSA) is 52.6 Å². The van der Waals surface area contributed by atoms with Crippen molar-refractivity contribution in [1.82, 2.24) is 0 Å². The fourth-order valence-electron chi connectivity index (χ4n) is 7.17. The zero-order chi connectivity index (χ0) is 36.2. The molecule has 1 aromatic carbocycles. The molecular weight excluding hydrogens is 617 g/mol. The highest BCUT2D eigenvalue weighted by Crippen LogP contribution is 2.23. The van der Waals surface area contributed by atoms with Crippen LogP contribution in [0.25, 0.3) is 0 Å². The van der Waals surface area contributed by atoms with Crippen LogP contribution in [0.5, 0.6) is 0 Å². The van der Waals surface area contributed by atoms with Gasteiger partial charge in [0.25, 0.3) is 0 Å². The Kier molecular flexibility index (Phi) is 32.8. The third kappa shape index (κ3) is 30.9. The zero-order valence-electron chi connectivity index (χ0n) is 33.5. The molecule has 2 unspecified atom stereocenters. The minimum atomic E-state index is -0.394. The molecule has 4 heteroatoms. The van der Waals surface area contributed by atoms with Gasteiger partial charge in [0.2, 0.25) is 0 Å². The van der Waals surface area contributed by atoms with Gasteiger partial charge in [0, 0.05) is 12.8 Å². The number of ether oxygens (including phenoxy) is 2. The van der Waals surface area contributed by atoms with Gasteiger partial charge in [-0.1, -0.05) is 211 Å². The Bertz CT molecular complexity index is 868. The average Bonchev–Trinajstić information content (AvgIpc) is 3.11. The van der Waals surface area contributed by atoms with E-state index in [2.05, 4.69) is 44.2 Å². The number of rotatable bonds is 37. The van der Waals surface area contributed by atoms with E-state index in [0.717, 1.165) is 32.1 Å². The maximum atomic E-state index is 12.5. The van der Waals surface area contributed by atoms with Crippen molar-refractivity contribution in [2.45, 2.75) is 232 Å². The van der Waals surface area contributed by atoms with E-state index in [0.29, 0.717) is 18.8 Å². The van der Waals surface area contributed by atoms with Crippen LogP contribution >= 0.6 is 0 Å². The third-order valence-corrected chi connectivity index (χ3v) is 10.4. The summed E-state index contributed by atoms with van der Waals surface area (Å²) in [4.78, 5) is 24.8. The SMILES string of the molecule is CCCCCCCCCCCCCCCCCC(=O)OC(C)COC(=O)CCCC(CCCCCCCCCCCCC)Cc1ccccc1. The Morgan fingerprint density at radius 3 is 1.38 bits per heavy atom. The molecule has 0 amide bonds. The van der Waals surface area contributed by atoms with Crippen LogP contribution in [0.4, 0.5) is 0 Å². The molecule has 1 aromatic rings. The van der Waals surface area contributed by atoms with E-state index < -0.39 is 6.10 Å². The van der Waals surface area contributed by atoms with E-state index in [1.807, 2.05) is 6.92 Å². The molecule has 0 aromatic heterocycles. The lowest BCUT2D eigenvalue weighted by molar-refractivity contribution is -0.158. The Hall–Kier alpha value is -1.84. The number of hydrogen-bond donors (Lipinski definition) is 0. The van der Waals surface area contributed by atoms with Crippen LogP contribution in [0.3, 0.4) is 0 Å². The fourth-order valence-corrected chi connectivity index (χ4v) is 7.17. The van der Waals surface area contributed by atoms with Crippen molar-refractivity contribution in [2.24, 2.45) is 5.92 Å². The Morgan fingerprint density at radius 2 is 0.900 bits per heavy atom. The van der Waals surface area contributed by atoms with Crippen molar-refractivity contribution in [3.63, 3.8) is 0 Å². The zero-order valence-corrected chi connectivity index (χ0v) is 33.5. The molecular formula is C46H82O4. The molecule has 0 aliphatic rings. The Labute approximate surface area is 311 Å². The van der Waals surface area contributed by atoms with Crippen LogP contribution in [-0.4, -0.2) is 24.6 Å². The van der Waals surface area contributed by atoms with E-state index in [4.69, 9.17) is 9.47 Å². The first-order valence-corrected chi connectivity index (χ1v) is 21.9. The van der Waals surface area contributed by atoms with Crippen LogP contribution in [0.1, 0.15) is 225 Å². The second-order valence-electron chi connectivity index (χ2n) is 15.5. The molecule has 0 N–H and O–H groups in total. The first kappa shape index (κ1) is 46.2. The molecule has 0 radical (unpaired) electrons. The minimum absolute atomic E-state index is 0.148. The second kappa shape index (κ2) is 35.6. The van der Waals surface area contributed by atoms with Crippen molar-refractivity contribution >= 4 is 11.9 Å². The standard InChI is InChI=1S/C46H82O4/c1-4-6-8-10-12-14-16-17-18-19-21-23-25-27-32-38-46(48)50-42(3)41-49-45(47)39-33-37-44(40-43-35-30-28-31-36-43)34-29-26-24-22-20-15-13-11-9-7-5-2/h28,30-31,35-36,42,44H,4-27,29,32-34,37-41H2,1-3H3. The summed E-state index contributed by atoms with van der Waals surface area (Å²) in [6.45, 7) is 6.53. The average molecular weight is 699 g/mol. The normalized spacial score (nSPS) is 12.5. The van der Waals surface area contributed by atoms with Gasteiger partial charge in [0.1, 0.15) is 12.7 Å². The largest absolute Gasteiger partial charge is 0.462 e. The molecule has 0 aliphatic carbocycles. The third-order valence-electron chi connectivity index (χ3n) is 10.4. The van der Waals surface area contributed by atoms with Crippen LogP contribution in [0.15, 0.2) is 30.3 Å². The molecule has 290 valence electrons. The lowest BCUT2D eigenvalue weighted by Gasteiger charge is -2.17. The van der Waals surface area contributed by atoms with Gasteiger partial charge in [0.15, 0.2) is 0 Å². The van der Waals surface area contributed by atoms with Gasteiger partial charge in [-0.2, -0.15) is 0 Å². The van der Waals surface area contributed by atoms with Crippen molar-refractivity contribution < 1.29 is 19.1 Å². The maximum Gasteiger partial charge on any atom is 0.306 e. The molecule has 0 saturated heterocycles. The number of carbonyl (C=O) groups excluding carboxylic acids is 2. The highest BCUT2D eigenvalue weighted by Gasteiger charge is 2.14. The molecule has 0 spiro atoms. The Balaban J connectivity index is 2.08. The summed E-state index contributed by atoms with van der Waals surface area (Å²) in [5.41, 5.74) is 1.39. The highest BCUT2D eigenvalue weighted by molar-refractivity contribution is 5.70. The summed E-state index contributed by atoms with van der Waals surface area (Å²) in [5, 5.41) is 0. The summed E-state index contributed by atoms with van der Waals surface area (Å²) in [6, 6.07) is 10.8. The van der Waals surface area contributed by atoms with Gasteiger partial charge in [0.05, 0.1) is 0 Å². The van der Waals surface area contributed by atoms with Crippen molar-refractivity contribution in [2.75, 3.05) is 6.61 Å². The van der Waals surface area contributed by atoms with E-state index in [1.54, 1.807) is 0 Å². The van der Waals surface area contributed by atoms with Crippen molar-refractivity contribution in [3.05, 3.63) is 35.9 Å². The van der Waals surface area contributed by atoms with Crippen LogP contribution in [-0.2, 0) is 25.5 Å². The monoisotopic (exact) mass is 699 g/mol. The number of unbranched alkanes of at least 4 members (excludes halogenated alkanes) is 24. The van der Waals surface area contributed by atoms with Crippen molar-refractivity contribution in [3.8, 4) is 0 Å². The molecule has 0 fully saturated rings. The van der Waals surface area contributed by atoms with E-state index >= 15 is 0 Å². The second-order valence-corrected chi connectivity index (χ2v) is 15.5. The Morgan fingerprint density at radius 1 is 0.500 bits per heavy atom. The molecule has 1 rings (SSSR count). The predicted octanol–water partition coefficient (Wildman–Crippen LogP) is 14.5. The number of esters is 2. The number of hydrogen-bond acceptors (Lipinski definition) is 4. The maximum absolute atomic E-state index is 12.5. The first-order valence-electron chi connectivity index (χ1n) is 21.9. The first-order chi connectivity index (χ1) is 24.5. The summed E-state index contributed by atoms with van der Waals surface area (Å²) in [6.07, 6.45) is 39.4. The van der Waals surface area contributed by atoms with Crippen LogP contribution in [0.2, 0.25) is 0 Å². The van der Waals surface area contributed by atoms with Gasteiger partial charge in [-0.05, 0) is 44.1 Å². The molecule has 0 bridgehead atoms. The molecule has 50 heavy (non-hydrogen) atoms. The molecule has 0 aliphatic heterocycles. The van der Waals surface area contributed by atoms with Crippen molar-refractivity contribution in [1.29, 1.82) is 0 Å². The lowest BCUT2D eigenvalue weighted by atomic mass is 9.89. The van der Waals surface area contributed by atoms with Gasteiger partial charge in [-0.25, -0.2) is 0 Å². The van der Waals surface area contributed by atoms with E-state index in [9.17, 15) is 9.59 Å². The van der Waals surface area contributed by atoms with Gasteiger partial charge < -0.3 is 9.47 Å². The molecule has 0 saturated carbocycles. The van der Waals surface area contributed by atoms with E-state index in [-0.39, 0.29) is 18.5 Å². The predicted molar refractivity (Wildman–Crippen MR) is 215 cm³/mol. The number of carbonyl (C=O) groups is 2. The smallest absolute Gasteiger partial charge is 0.306 e. The summed E-state index contributed by atoms with van der Waals surface area (Å²) >= 11 is 0. The molecule has 4 nitrogen and oxygen atoms in total. The van der Waals surface area contributed by atoms with Crippen LogP contribution < -0.4 is 0 Å². The summed E-state index contributed by atoms with van der Waals surface area (Å²) in [5.74, 6) is 0.251. The quantitative estimate of drug-likeness (QED) is 0.0513. The van der Waals surface area contributed by atoms with Gasteiger partial charge in [-0.3, -0.25) is 9.59 Å². The van der Waals surface area contributed by atoms with Gasteiger partial charge >= 0.3 is 11.9 Å². The van der Waals surface area contributed by atoms with E-state index in [1.165, 1.54) is 166 Å². The summed E-state index contributed by atoms with van der Waals surface area (Å²) in [7, 11) is 0. The number of benzene rings is 1.